The van der Waals surface area contributed by atoms with Crippen LogP contribution < -0.4 is 5.32 Å². The summed E-state index contributed by atoms with van der Waals surface area (Å²) in [7, 11) is 0. The van der Waals surface area contributed by atoms with Gasteiger partial charge in [-0.05, 0) is 0 Å². The zero-order valence-electron chi connectivity index (χ0n) is 6.19. The number of aromatic nitrogens is 2. The molecule has 1 heterocycles. The summed E-state index contributed by atoms with van der Waals surface area (Å²) < 4.78 is 0. The van der Waals surface area contributed by atoms with Gasteiger partial charge in [0.25, 0.3) is 0 Å². The maximum absolute atomic E-state index is 10.8. The minimum absolute atomic E-state index is 0.170. The lowest BCUT2D eigenvalue weighted by Gasteiger charge is -1.98. The average molecular weight is 162 g/mol. The lowest BCUT2D eigenvalue weighted by molar-refractivity contribution is -0.115. The topological polar surface area (TPSA) is 78.7 Å². The molecular formula is C7H6N4O. The molecule has 0 aliphatic heterocycles. The lowest BCUT2D eigenvalue weighted by atomic mass is 10.4. The summed E-state index contributed by atoms with van der Waals surface area (Å²) >= 11 is 0. The van der Waals surface area contributed by atoms with Gasteiger partial charge in [0.15, 0.2) is 5.82 Å². The summed E-state index contributed by atoms with van der Waals surface area (Å²) in [6, 6.07) is 1.73. The van der Waals surface area contributed by atoms with Gasteiger partial charge in [-0.15, -0.1) is 0 Å². The normalized spacial score (nSPS) is 8.58. The van der Waals surface area contributed by atoms with E-state index in [9.17, 15) is 4.79 Å². The van der Waals surface area contributed by atoms with E-state index < -0.39 is 0 Å². The first-order valence-corrected chi connectivity index (χ1v) is 3.26. The summed E-state index contributed by atoms with van der Waals surface area (Å²) in [4.78, 5) is 18.3. The van der Waals surface area contributed by atoms with E-state index >= 15 is 0 Å². The molecule has 0 saturated heterocycles. The number of nitriles is 1. The molecule has 0 radical (unpaired) electrons. The van der Waals surface area contributed by atoms with Crippen molar-refractivity contribution in [2.75, 3.05) is 5.32 Å². The van der Waals surface area contributed by atoms with E-state index in [2.05, 4.69) is 15.3 Å². The van der Waals surface area contributed by atoms with Crippen LogP contribution in [0.3, 0.4) is 0 Å². The number of nitrogens with zero attached hydrogens (tertiary/aromatic N) is 3. The molecule has 1 amide bonds. The highest BCUT2D eigenvalue weighted by Crippen LogP contribution is 1.96. The molecule has 0 aliphatic rings. The molecule has 5 nitrogen and oxygen atoms in total. The molecule has 1 aromatic rings. The second kappa shape index (κ2) is 4.03. The molecule has 0 atom stereocenters. The average Bonchev–Trinajstić information content (AvgIpc) is 2.06. The number of anilines is 1. The number of nitrogens with one attached hydrogen (secondary N) is 1. The van der Waals surface area contributed by atoms with Crippen LogP contribution in [0.5, 0.6) is 0 Å². The van der Waals surface area contributed by atoms with Crippen LogP contribution in [0.4, 0.5) is 5.82 Å². The van der Waals surface area contributed by atoms with Crippen molar-refractivity contribution < 1.29 is 4.79 Å². The molecule has 0 fully saturated rings. The molecule has 0 saturated carbocycles. The highest BCUT2D eigenvalue weighted by molar-refractivity contribution is 5.90. The van der Waals surface area contributed by atoms with Gasteiger partial charge in [0, 0.05) is 12.4 Å². The Kier molecular flexibility index (Phi) is 2.73. The van der Waals surface area contributed by atoms with Crippen molar-refractivity contribution in [2.45, 2.75) is 6.42 Å². The molecule has 0 unspecified atom stereocenters. The molecule has 0 aromatic carbocycles. The molecule has 0 spiro atoms. The second-order valence-corrected chi connectivity index (χ2v) is 1.97. The number of hydrogen-bond acceptors (Lipinski definition) is 4. The molecule has 1 N–H and O–H groups in total. The maximum atomic E-state index is 10.8. The predicted molar refractivity (Wildman–Crippen MR) is 40.9 cm³/mol. The molecule has 0 bridgehead atoms. The Morgan fingerprint density at radius 3 is 3.08 bits per heavy atom. The Morgan fingerprint density at radius 1 is 1.67 bits per heavy atom. The number of amides is 1. The van der Waals surface area contributed by atoms with Crippen LogP contribution in [-0.4, -0.2) is 15.9 Å². The summed E-state index contributed by atoms with van der Waals surface area (Å²) in [5, 5.41) is 10.6. The number of carbonyl (C=O) groups is 1. The monoisotopic (exact) mass is 162 g/mol. The Bertz CT molecular complexity index is 303. The Labute approximate surface area is 69.1 Å². The lowest BCUT2D eigenvalue weighted by Crippen LogP contribution is -2.11. The highest BCUT2D eigenvalue weighted by Gasteiger charge is 2.00. The van der Waals surface area contributed by atoms with Crippen LogP contribution >= 0.6 is 0 Å². The van der Waals surface area contributed by atoms with Crippen LogP contribution in [0.15, 0.2) is 18.6 Å². The number of rotatable bonds is 2. The van der Waals surface area contributed by atoms with E-state index in [1.54, 1.807) is 6.07 Å². The van der Waals surface area contributed by atoms with Crippen LogP contribution in [0.1, 0.15) is 6.42 Å². The molecular weight excluding hydrogens is 156 g/mol. The zero-order chi connectivity index (χ0) is 8.81. The summed E-state index contributed by atoms with van der Waals surface area (Å²) in [6.07, 6.45) is 4.20. The minimum Gasteiger partial charge on any atom is -0.309 e. The maximum Gasteiger partial charge on any atom is 0.239 e. The predicted octanol–water partition coefficient (Wildman–Crippen LogP) is 0.329. The van der Waals surface area contributed by atoms with Crippen LogP contribution in [0.2, 0.25) is 0 Å². The van der Waals surface area contributed by atoms with E-state index in [1.165, 1.54) is 18.6 Å². The van der Waals surface area contributed by atoms with Crippen LogP contribution in [-0.2, 0) is 4.79 Å². The molecule has 1 rings (SSSR count). The first-order valence-electron chi connectivity index (χ1n) is 3.26. The van der Waals surface area contributed by atoms with Crippen molar-refractivity contribution >= 4 is 11.7 Å². The van der Waals surface area contributed by atoms with Crippen LogP contribution in [0.25, 0.3) is 0 Å². The van der Waals surface area contributed by atoms with Crippen molar-refractivity contribution in [3.63, 3.8) is 0 Å². The van der Waals surface area contributed by atoms with Crippen molar-refractivity contribution in [3.8, 4) is 6.07 Å². The van der Waals surface area contributed by atoms with Crippen molar-refractivity contribution in [3.05, 3.63) is 18.6 Å². The second-order valence-electron chi connectivity index (χ2n) is 1.97. The van der Waals surface area contributed by atoms with E-state index in [0.29, 0.717) is 5.82 Å². The van der Waals surface area contributed by atoms with Gasteiger partial charge in [-0.1, -0.05) is 0 Å². The minimum atomic E-state index is -0.377. The summed E-state index contributed by atoms with van der Waals surface area (Å²) in [5.41, 5.74) is 0. The van der Waals surface area contributed by atoms with Gasteiger partial charge in [-0.3, -0.25) is 9.78 Å². The summed E-state index contributed by atoms with van der Waals surface area (Å²) in [6.45, 7) is 0. The van der Waals surface area contributed by atoms with Gasteiger partial charge >= 0.3 is 0 Å². The van der Waals surface area contributed by atoms with Crippen molar-refractivity contribution in [2.24, 2.45) is 0 Å². The third-order valence-electron chi connectivity index (χ3n) is 1.07. The van der Waals surface area contributed by atoms with E-state index in [1.807, 2.05) is 0 Å². The largest absolute Gasteiger partial charge is 0.309 e. The van der Waals surface area contributed by atoms with Gasteiger partial charge in [-0.2, -0.15) is 5.26 Å². The number of carbonyl (C=O) groups excluding carboxylic acids is 1. The highest BCUT2D eigenvalue weighted by atomic mass is 16.1. The fourth-order valence-corrected chi connectivity index (χ4v) is 0.622. The fraction of sp³-hybridized carbons (Fsp3) is 0.143. The van der Waals surface area contributed by atoms with Crippen molar-refractivity contribution in [1.82, 2.24) is 9.97 Å². The molecule has 5 heteroatoms. The van der Waals surface area contributed by atoms with E-state index in [4.69, 9.17) is 5.26 Å². The first-order chi connectivity index (χ1) is 5.83. The van der Waals surface area contributed by atoms with Gasteiger partial charge in [0.2, 0.25) is 5.91 Å². The smallest absolute Gasteiger partial charge is 0.239 e. The van der Waals surface area contributed by atoms with Gasteiger partial charge < -0.3 is 5.32 Å². The quantitative estimate of drug-likeness (QED) is 0.679. The summed E-state index contributed by atoms with van der Waals surface area (Å²) in [5.74, 6) is -0.0178. The Morgan fingerprint density at radius 2 is 2.50 bits per heavy atom. The molecule has 60 valence electrons. The van der Waals surface area contributed by atoms with Crippen LogP contribution in [0, 0.1) is 11.3 Å². The first kappa shape index (κ1) is 8.14. The fourth-order valence-electron chi connectivity index (χ4n) is 0.622. The zero-order valence-corrected chi connectivity index (χ0v) is 6.19. The molecule has 0 aliphatic carbocycles. The van der Waals surface area contributed by atoms with E-state index in [-0.39, 0.29) is 12.3 Å². The number of hydrogen-bond donors (Lipinski definition) is 1. The van der Waals surface area contributed by atoms with Gasteiger partial charge in [-0.25, -0.2) is 4.98 Å². The SMILES string of the molecule is N#CCC(=O)Nc1cnccn1. The third-order valence-corrected chi connectivity index (χ3v) is 1.07. The Balaban J connectivity index is 2.54. The molecule has 12 heavy (non-hydrogen) atoms. The van der Waals surface area contributed by atoms with E-state index in [0.717, 1.165) is 0 Å². The molecule has 1 aromatic heterocycles. The Hall–Kier alpha value is -1.96. The van der Waals surface area contributed by atoms with Crippen molar-refractivity contribution in [1.29, 1.82) is 5.26 Å². The van der Waals surface area contributed by atoms with Gasteiger partial charge in [0.05, 0.1) is 12.3 Å². The van der Waals surface area contributed by atoms with Gasteiger partial charge in [0.1, 0.15) is 6.42 Å². The standard InChI is InChI=1S/C7H6N4O/c8-2-1-7(12)11-6-5-9-3-4-10-6/h3-5H,1H2,(H,10,11,12). The third kappa shape index (κ3) is 2.34.